The molecule has 0 spiro atoms. The number of amides is 2. The molecule has 0 aliphatic carbocycles. The molecule has 0 aliphatic heterocycles. The Bertz CT molecular complexity index is 776. The van der Waals surface area contributed by atoms with E-state index in [1.165, 1.54) is 24.2 Å². The maximum absolute atomic E-state index is 12.0. The standard InChI is InChI=1S/C18H25N7O2S/c1-3-8-25-13-15(23-24-25)12-20-16(26)6-5-7-19-17(27)14-10-21-18(22-11-14)28-9-4-2/h4,10-11,13H,2-3,5-9,12H2,1H3,(H,19,27)(H,20,26). The number of nitrogens with one attached hydrogen (secondary N) is 2. The zero-order chi connectivity index (χ0) is 20.2. The summed E-state index contributed by atoms with van der Waals surface area (Å²) in [5.41, 5.74) is 1.12. The lowest BCUT2D eigenvalue weighted by Gasteiger charge is -2.06. The van der Waals surface area contributed by atoms with Gasteiger partial charge >= 0.3 is 0 Å². The predicted octanol–water partition coefficient (Wildman–Crippen LogP) is 1.58. The van der Waals surface area contributed by atoms with Gasteiger partial charge in [-0.05, 0) is 12.8 Å². The minimum atomic E-state index is -0.256. The van der Waals surface area contributed by atoms with E-state index in [0.717, 1.165) is 18.7 Å². The Kier molecular flexibility index (Phi) is 9.13. The summed E-state index contributed by atoms with van der Waals surface area (Å²) in [4.78, 5) is 32.2. The molecule has 0 fully saturated rings. The Balaban J connectivity index is 1.62. The van der Waals surface area contributed by atoms with Gasteiger partial charge in [0.1, 0.15) is 5.69 Å². The van der Waals surface area contributed by atoms with Crippen LogP contribution in [0.2, 0.25) is 0 Å². The predicted molar refractivity (Wildman–Crippen MR) is 107 cm³/mol. The molecule has 0 saturated heterocycles. The topological polar surface area (TPSA) is 115 Å². The SMILES string of the molecule is C=CCSc1ncc(C(=O)NCCCC(=O)NCc2cn(CCC)nn2)cn1. The van der Waals surface area contributed by atoms with E-state index in [9.17, 15) is 9.59 Å². The molecular formula is C18H25N7O2S. The third-order valence-corrected chi connectivity index (χ3v) is 4.46. The van der Waals surface area contributed by atoms with Crippen molar-refractivity contribution in [2.45, 2.75) is 44.4 Å². The van der Waals surface area contributed by atoms with Gasteiger partial charge in [0, 0.05) is 37.7 Å². The van der Waals surface area contributed by atoms with E-state index in [4.69, 9.17) is 0 Å². The van der Waals surface area contributed by atoms with Crippen LogP contribution in [0.15, 0.2) is 36.4 Å². The molecule has 0 atom stereocenters. The van der Waals surface area contributed by atoms with Crippen molar-refractivity contribution < 1.29 is 9.59 Å². The Morgan fingerprint density at radius 2 is 2.07 bits per heavy atom. The Morgan fingerprint density at radius 1 is 1.29 bits per heavy atom. The van der Waals surface area contributed by atoms with E-state index >= 15 is 0 Å². The van der Waals surface area contributed by atoms with Crippen LogP contribution in [0, 0.1) is 0 Å². The maximum atomic E-state index is 12.0. The summed E-state index contributed by atoms with van der Waals surface area (Å²) in [5.74, 6) is 0.365. The van der Waals surface area contributed by atoms with Crippen molar-refractivity contribution >= 4 is 23.6 Å². The van der Waals surface area contributed by atoms with Crippen molar-refractivity contribution in [1.82, 2.24) is 35.6 Å². The lowest BCUT2D eigenvalue weighted by Crippen LogP contribution is -2.27. The zero-order valence-corrected chi connectivity index (χ0v) is 16.7. The first-order valence-corrected chi connectivity index (χ1v) is 10.1. The van der Waals surface area contributed by atoms with E-state index in [1.54, 1.807) is 10.8 Å². The van der Waals surface area contributed by atoms with Gasteiger partial charge in [0.05, 0.1) is 18.3 Å². The molecule has 28 heavy (non-hydrogen) atoms. The molecule has 2 rings (SSSR count). The Hall–Kier alpha value is -2.75. The summed E-state index contributed by atoms with van der Waals surface area (Å²) in [5, 5.41) is 14.1. The van der Waals surface area contributed by atoms with Crippen LogP contribution in [-0.4, -0.2) is 49.1 Å². The first kappa shape index (κ1) is 21.5. The number of carbonyl (C=O) groups is 2. The van der Waals surface area contributed by atoms with Crippen LogP contribution in [0.5, 0.6) is 0 Å². The fourth-order valence-corrected chi connectivity index (χ4v) is 2.75. The number of hydrogen-bond donors (Lipinski definition) is 2. The summed E-state index contributed by atoms with van der Waals surface area (Å²) in [6.07, 6.45) is 8.41. The average molecular weight is 404 g/mol. The normalized spacial score (nSPS) is 10.5. The molecule has 9 nitrogen and oxygen atoms in total. The van der Waals surface area contributed by atoms with Crippen LogP contribution >= 0.6 is 11.8 Å². The van der Waals surface area contributed by atoms with Crippen molar-refractivity contribution in [3.05, 3.63) is 42.5 Å². The molecule has 0 saturated carbocycles. The Morgan fingerprint density at radius 3 is 2.79 bits per heavy atom. The highest BCUT2D eigenvalue weighted by Gasteiger charge is 2.08. The third-order valence-electron chi connectivity index (χ3n) is 3.59. The summed E-state index contributed by atoms with van der Waals surface area (Å²) >= 11 is 1.45. The molecular weight excluding hydrogens is 378 g/mol. The average Bonchev–Trinajstić information content (AvgIpc) is 3.16. The fraction of sp³-hybridized carbons (Fsp3) is 0.444. The third kappa shape index (κ3) is 7.47. The summed E-state index contributed by atoms with van der Waals surface area (Å²) < 4.78 is 1.76. The maximum Gasteiger partial charge on any atom is 0.254 e. The van der Waals surface area contributed by atoms with Crippen LogP contribution in [-0.2, 0) is 17.9 Å². The fourth-order valence-electron chi connectivity index (χ4n) is 2.23. The highest BCUT2D eigenvalue weighted by Crippen LogP contribution is 2.11. The first-order valence-electron chi connectivity index (χ1n) is 9.12. The number of aromatic nitrogens is 5. The molecule has 0 radical (unpaired) electrons. The molecule has 150 valence electrons. The molecule has 2 heterocycles. The van der Waals surface area contributed by atoms with Gasteiger partial charge in [-0.1, -0.05) is 30.0 Å². The van der Waals surface area contributed by atoms with Gasteiger partial charge in [0.2, 0.25) is 5.91 Å². The molecule has 0 aromatic carbocycles. The molecule has 2 amide bonds. The quantitative estimate of drug-likeness (QED) is 0.239. The van der Waals surface area contributed by atoms with Gasteiger partial charge in [-0.3, -0.25) is 14.3 Å². The molecule has 2 N–H and O–H groups in total. The molecule has 10 heteroatoms. The second-order valence-electron chi connectivity index (χ2n) is 5.96. The summed E-state index contributed by atoms with van der Waals surface area (Å²) in [6, 6.07) is 0. The minimum absolute atomic E-state index is 0.0915. The van der Waals surface area contributed by atoms with Crippen LogP contribution in [0.1, 0.15) is 42.2 Å². The van der Waals surface area contributed by atoms with Crippen LogP contribution in [0.3, 0.4) is 0 Å². The number of aryl methyl sites for hydroxylation is 1. The zero-order valence-electron chi connectivity index (χ0n) is 15.9. The van der Waals surface area contributed by atoms with Gasteiger partial charge in [0.15, 0.2) is 5.16 Å². The highest BCUT2D eigenvalue weighted by atomic mass is 32.2. The van der Waals surface area contributed by atoms with Gasteiger partial charge in [-0.25, -0.2) is 9.97 Å². The second kappa shape index (κ2) is 11.9. The number of thioether (sulfide) groups is 1. The first-order chi connectivity index (χ1) is 13.6. The minimum Gasteiger partial charge on any atom is -0.352 e. The number of hydrogen-bond acceptors (Lipinski definition) is 7. The number of nitrogens with zero attached hydrogens (tertiary/aromatic N) is 5. The monoisotopic (exact) mass is 403 g/mol. The van der Waals surface area contributed by atoms with Crippen LogP contribution in [0.4, 0.5) is 0 Å². The molecule has 0 unspecified atom stereocenters. The van der Waals surface area contributed by atoms with E-state index < -0.39 is 0 Å². The summed E-state index contributed by atoms with van der Waals surface area (Å²) in [6.45, 7) is 7.25. The van der Waals surface area contributed by atoms with Gasteiger partial charge in [0.25, 0.3) is 5.91 Å². The summed E-state index contributed by atoms with van der Waals surface area (Å²) in [7, 11) is 0. The largest absolute Gasteiger partial charge is 0.352 e. The smallest absolute Gasteiger partial charge is 0.254 e. The molecule has 2 aromatic heterocycles. The van der Waals surface area contributed by atoms with Gasteiger partial charge < -0.3 is 10.6 Å². The molecule has 2 aromatic rings. The van der Waals surface area contributed by atoms with Gasteiger partial charge in [-0.2, -0.15) is 0 Å². The Labute approximate surface area is 168 Å². The second-order valence-corrected chi connectivity index (χ2v) is 6.95. The van der Waals surface area contributed by atoms with Crippen molar-refractivity contribution in [3.8, 4) is 0 Å². The van der Waals surface area contributed by atoms with Crippen LogP contribution in [0.25, 0.3) is 0 Å². The lowest BCUT2D eigenvalue weighted by atomic mass is 10.2. The molecule has 0 aliphatic rings. The van der Waals surface area contributed by atoms with E-state index in [1.807, 2.05) is 6.20 Å². The van der Waals surface area contributed by atoms with E-state index in [0.29, 0.717) is 42.4 Å². The van der Waals surface area contributed by atoms with E-state index in [2.05, 4.69) is 44.4 Å². The van der Waals surface area contributed by atoms with Gasteiger partial charge in [-0.15, -0.1) is 11.7 Å². The highest BCUT2D eigenvalue weighted by molar-refractivity contribution is 7.99. The van der Waals surface area contributed by atoms with E-state index in [-0.39, 0.29) is 11.8 Å². The lowest BCUT2D eigenvalue weighted by molar-refractivity contribution is -0.121. The van der Waals surface area contributed by atoms with Crippen molar-refractivity contribution in [2.24, 2.45) is 0 Å². The number of carbonyl (C=O) groups excluding carboxylic acids is 2. The molecule has 0 bridgehead atoms. The van der Waals surface area contributed by atoms with Crippen molar-refractivity contribution in [2.75, 3.05) is 12.3 Å². The van der Waals surface area contributed by atoms with Crippen LogP contribution < -0.4 is 10.6 Å². The number of rotatable bonds is 12. The van der Waals surface area contributed by atoms with Crippen molar-refractivity contribution in [3.63, 3.8) is 0 Å². The van der Waals surface area contributed by atoms with Crippen molar-refractivity contribution in [1.29, 1.82) is 0 Å².